The average Bonchev–Trinajstić information content (AvgIpc) is 2.20. The summed E-state index contributed by atoms with van der Waals surface area (Å²) < 4.78 is 4.76. The summed E-state index contributed by atoms with van der Waals surface area (Å²) in [5, 5.41) is 5.39. The molecule has 0 unspecified atom stereocenters. The number of carbonyl (C=O) groups excluding carboxylic acids is 2. The van der Waals surface area contributed by atoms with E-state index in [4.69, 9.17) is 4.74 Å². The quantitative estimate of drug-likeness (QED) is 0.584. The lowest BCUT2D eigenvalue weighted by molar-refractivity contribution is -0.125. The van der Waals surface area contributed by atoms with Gasteiger partial charge in [-0.2, -0.15) is 0 Å². The maximum absolute atomic E-state index is 11.1. The molecule has 0 aliphatic carbocycles. The predicted molar refractivity (Wildman–Crippen MR) is 57.4 cm³/mol. The van der Waals surface area contributed by atoms with Gasteiger partial charge in [0.25, 0.3) is 0 Å². The minimum Gasteiger partial charge on any atom is -0.384 e. The number of nitrogens with one attached hydrogen (secondary N) is 2. The van der Waals surface area contributed by atoms with E-state index < -0.39 is 0 Å². The van der Waals surface area contributed by atoms with Crippen LogP contribution in [-0.2, 0) is 14.3 Å². The summed E-state index contributed by atoms with van der Waals surface area (Å²) in [5.41, 5.74) is 0. The third-order valence-corrected chi connectivity index (χ3v) is 1.80. The van der Waals surface area contributed by atoms with E-state index in [1.165, 1.54) is 0 Å². The topological polar surface area (TPSA) is 67.4 Å². The van der Waals surface area contributed by atoms with Crippen LogP contribution in [0.25, 0.3) is 0 Å². The highest BCUT2D eigenvalue weighted by molar-refractivity contribution is 5.78. The van der Waals surface area contributed by atoms with Crippen LogP contribution >= 0.6 is 0 Å². The predicted octanol–water partition coefficient (Wildman–Crippen LogP) is -0.0887. The lowest BCUT2D eigenvalue weighted by Gasteiger charge is -2.08. The van der Waals surface area contributed by atoms with E-state index in [1.54, 1.807) is 7.11 Å². The molecule has 0 radical (unpaired) electrons. The molecule has 0 atom stereocenters. The molecule has 0 saturated carbocycles. The highest BCUT2D eigenvalue weighted by Gasteiger charge is 2.05. The molecule has 0 bridgehead atoms. The van der Waals surface area contributed by atoms with Crippen molar-refractivity contribution in [2.24, 2.45) is 5.92 Å². The van der Waals surface area contributed by atoms with Crippen LogP contribution in [0, 0.1) is 5.92 Å². The Hall–Kier alpha value is -1.10. The Morgan fingerprint density at radius 3 is 2.33 bits per heavy atom. The number of rotatable bonds is 7. The van der Waals surface area contributed by atoms with Crippen LogP contribution in [-0.4, -0.2) is 38.6 Å². The van der Waals surface area contributed by atoms with Crippen LogP contribution in [0.1, 0.15) is 20.3 Å². The van der Waals surface area contributed by atoms with Gasteiger partial charge in [-0.3, -0.25) is 9.59 Å². The van der Waals surface area contributed by atoms with Gasteiger partial charge >= 0.3 is 0 Å². The second kappa shape index (κ2) is 8.23. The number of methoxy groups -OCH3 is 1. The first-order valence-electron chi connectivity index (χ1n) is 5.11. The van der Waals surface area contributed by atoms with Crippen LogP contribution in [0.4, 0.5) is 0 Å². The summed E-state index contributed by atoms with van der Waals surface area (Å²) in [5.74, 6) is -0.0778. The summed E-state index contributed by atoms with van der Waals surface area (Å²) in [7, 11) is 1.55. The zero-order valence-corrected chi connectivity index (χ0v) is 9.63. The van der Waals surface area contributed by atoms with E-state index in [0.29, 0.717) is 26.1 Å². The molecular weight excluding hydrogens is 196 g/mol. The molecule has 0 aliphatic rings. The van der Waals surface area contributed by atoms with Gasteiger partial charge in [0.05, 0.1) is 6.61 Å². The van der Waals surface area contributed by atoms with E-state index in [1.807, 2.05) is 13.8 Å². The first-order valence-corrected chi connectivity index (χ1v) is 5.11. The fourth-order valence-electron chi connectivity index (χ4n) is 0.875. The molecule has 88 valence electrons. The van der Waals surface area contributed by atoms with Crippen molar-refractivity contribution in [1.29, 1.82) is 0 Å². The SMILES string of the molecule is COCCC(=O)NCCNC(=O)C(C)C. The first kappa shape index (κ1) is 13.9. The Kier molecular flexibility index (Phi) is 7.62. The molecule has 2 N–H and O–H groups in total. The van der Waals surface area contributed by atoms with Gasteiger partial charge in [-0.05, 0) is 0 Å². The number of ether oxygens (including phenoxy) is 1. The van der Waals surface area contributed by atoms with Gasteiger partial charge in [-0.1, -0.05) is 13.8 Å². The van der Waals surface area contributed by atoms with Crippen molar-refractivity contribution < 1.29 is 14.3 Å². The minimum absolute atomic E-state index is 0.00106. The van der Waals surface area contributed by atoms with Gasteiger partial charge in [0, 0.05) is 32.5 Å². The standard InChI is InChI=1S/C10H20N2O3/c1-8(2)10(14)12-6-5-11-9(13)4-7-15-3/h8H,4-7H2,1-3H3,(H,11,13)(H,12,14). The molecular formula is C10H20N2O3. The largest absolute Gasteiger partial charge is 0.384 e. The molecule has 0 saturated heterocycles. The number of amides is 2. The summed E-state index contributed by atoms with van der Waals surface area (Å²) in [6.07, 6.45) is 0.356. The Labute approximate surface area is 90.6 Å². The fraction of sp³-hybridized carbons (Fsp3) is 0.800. The monoisotopic (exact) mass is 216 g/mol. The summed E-state index contributed by atoms with van der Waals surface area (Å²) in [6, 6.07) is 0. The normalized spacial score (nSPS) is 10.1. The minimum atomic E-state index is -0.0596. The molecule has 0 aromatic carbocycles. The Morgan fingerprint density at radius 1 is 1.20 bits per heavy atom. The van der Waals surface area contributed by atoms with Crippen LogP contribution in [0.15, 0.2) is 0 Å². The number of carbonyl (C=O) groups is 2. The molecule has 0 aliphatic heterocycles. The highest BCUT2D eigenvalue weighted by Crippen LogP contribution is 1.89. The summed E-state index contributed by atoms with van der Waals surface area (Å²) in [4.78, 5) is 22.2. The maximum atomic E-state index is 11.1. The van der Waals surface area contributed by atoms with Crippen molar-refractivity contribution >= 4 is 11.8 Å². The van der Waals surface area contributed by atoms with Crippen molar-refractivity contribution in [2.75, 3.05) is 26.8 Å². The zero-order chi connectivity index (χ0) is 11.7. The van der Waals surface area contributed by atoms with Crippen molar-refractivity contribution in [3.05, 3.63) is 0 Å². The molecule has 5 heteroatoms. The van der Waals surface area contributed by atoms with Crippen LogP contribution in [0.5, 0.6) is 0 Å². The Morgan fingerprint density at radius 2 is 1.80 bits per heavy atom. The van der Waals surface area contributed by atoms with E-state index >= 15 is 0 Å². The third kappa shape index (κ3) is 7.93. The lowest BCUT2D eigenvalue weighted by atomic mass is 10.2. The van der Waals surface area contributed by atoms with E-state index in [0.717, 1.165) is 0 Å². The number of hydrogen-bond donors (Lipinski definition) is 2. The number of hydrogen-bond acceptors (Lipinski definition) is 3. The van der Waals surface area contributed by atoms with Crippen molar-refractivity contribution in [3.63, 3.8) is 0 Å². The van der Waals surface area contributed by atoms with E-state index in [9.17, 15) is 9.59 Å². The first-order chi connectivity index (χ1) is 7.07. The van der Waals surface area contributed by atoms with Crippen LogP contribution in [0.3, 0.4) is 0 Å². The molecule has 2 amide bonds. The molecule has 5 nitrogen and oxygen atoms in total. The molecule has 15 heavy (non-hydrogen) atoms. The van der Waals surface area contributed by atoms with Crippen LogP contribution < -0.4 is 10.6 Å². The Balaban J connectivity index is 3.38. The lowest BCUT2D eigenvalue weighted by Crippen LogP contribution is -2.36. The zero-order valence-electron chi connectivity index (χ0n) is 9.63. The molecule has 0 aromatic heterocycles. The van der Waals surface area contributed by atoms with Gasteiger partial charge < -0.3 is 15.4 Å². The Bertz CT molecular complexity index is 205. The summed E-state index contributed by atoms with van der Waals surface area (Å²) in [6.45, 7) is 5.00. The van der Waals surface area contributed by atoms with Gasteiger partial charge in [-0.15, -0.1) is 0 Å². The van der Waals surface area contributed by atoms with Gasteiger partial charge in [0.1, 0.15) is 0 Å². The van der Waals surface area contributed by atoms with Crippen LogP contribution in [0.2, 0.25) is 0 Å². The molecule has 0 spiro atoms. The van der Waals surface area contributed by atoms with Crippen molar-refractivity contribution in [1.82, 2.24) is 10.6 Å². The highest BCUT2D eigenvalue weighted by atomic mass is 16.5. The second-order valence-electron chi connectivity index (χ2n) is 3.54. The van der Waals surface area contributed by atoms with E-state index in [-0.39, 0.29) is 17.7 Å². The van der Waals surface area contributed by atoms with Gasteiger partial charge in [0.15, 0.2) is 0 Å². The van der Waals surface area contributed by atoms with Gasteiger partial charge in [-0.25, -0.2) is 0 Å². The molecule has 0 rings (SSSR count). The average molecular weight is 216 g/mol. The molecule has 0 fully saturated rings. The fourth-order valence-corrected chi connectivity index (χ4v) is 0.875. The molecule has 0 heterocycles. The summed E-state index contributed by atoms with van der Waals surface area (Å²) >= 11 is 0. The second-order valence-corrected chi connectivity index (χ2v) is 3.54. The maximum Gasteiger partial charge on any atom is 0.222 e. The van der Waals surface area contributed by atoms with E-state index in [2.05, 4.69) is 10.6 Å². The van der Waals surface area contributed by atoms with Gasteiger partial charge in [0.2, 0.25) is 11.8 Å². The smallest absolute Gasteiger partial charge is 0.222 e. The van der Waals surface area contributed by atoms with Crippen molar-refractivity contribution in [2.45, 2.75) is 20.3 Å². The van der Waals surface area contributed by atoms with Crippen molar-refractivity contribution in [3.8, 4) is 0 Å². The molecule has 0 aromatic rings. The third-order valence-electron chi connectivity index (χ3n) is 1.80.